The Morgan fingerprint density at radius 3 is 2.68 bits per heavy atom. The second kappa shape index (κ2) is 8.32. The van der Waals surface area contributed by atoms with E-state index in [0.29, 0.717) is 24.3 Å². The van der Waals surface area contributed by atoms with Crippen molar-refractivity contribution < 1.29 is 19.4 Å². The van der Waals surface area contributed by atoms with E-state index in [4.69, 9.17) is 9.47 Å². The second-order valence-corrected chi connectivity index (χ2v) is 7.68. The monoisotopic (exact) mass is 387 g/mol. The van der Waals surface area contributed by atoms with Crippen LogP contribution in [0.4, 0.5) is 5.69 Å². The number of nitrogens with zero attached hydrogens (tertiary/aromatic N) is 2. The summed E-state index contributed by atoms with van der Waals surface area (Å²) in [6.45, 7) is 11.5. The first-order chi connectivity index (χ1) is 13.4. The van der Waals surface area contributed by atoms with Crippen LogP contribution < -0.4 is 15.0 Å². The normalized spacial score (nSPS) is 21.6. The highest BCUT2D eigenvalue weighted by Crippen LogP contribution is 2.39. The number of aromatic nitrogens is 1. The molecule has 2 heterocycles. The van der Waals surface area contributed by atoms with Crippen LogP contribution in [-0.4, -0.2) is 61.1 Å². The number of carbonyl (C=O) groups excluding carboxylic acids is 1. The first-order valence-electron chi connectivity index (χ1n) is 9.55. The fraction of sp³-hybridized carbons (Fsp3) is 0.524. The van der Waals surface area contributed by atoms with Crippen LogP contribution in [0.2, 0.25) is 0 Å². The molecule has 0 bridgehead atoms. The smallest absolute Gasteiger partial charge is 0.270 e. The molecule has 0 radical (unpaired) electrons. The van der Waals surface area contributed by atoms with E-state index < -0.39 is 5.54 Å². The number of pyridine rings is 1. The molecular formula is C21H29N3O4. The van der Waals surface area contributed by atoms with Gasteiger partial charge in [-0.1, -0.05) is 12.2 Å². The zero-order chi connectivity index (χ0) is 20.3. The molecule has 152 valence electrons. The second-order valence-electron chi connectivity index (χ2n) is 7.68. The highest BCUT2D eigenvalue weighted by Gasteiger charge is 2.37. The molecule has 28 heavy (non-hydrogen) atoms. The number of nitrogens with one attached hydrogen (secondary N) is 1. The van der Waals surface area contributed by atoms with Crippen molar-refractivity contribution >= 4 is 11.6 Å². The Morgan fingerprint density at radius 2 is 2.11 bits per heavy atom. The molecule has 0 spiro atoms. The van der Waals surface area contributed by atoms with Gasteiger partial charge in [-0.15, -0.1) is 13.2 Å². The van der Waals surface area contributed by atoms with Gasteiger partial charge < -0.3 is 24.8 Å². The SMILES string of the molecule is C=CC(C)(C=C)NC(=O)c1ccc(N2CC(OC)C2)c(OCC2C[C@@H]2CO)n1. The van der Waals surface area contributed by atoms with E-state index in [1.165, 1.54) is 0 Å². The maximum atomic E-state index is 12.7. The van der Waals surface area contributed by atoms with Crippen molar-refractivity contribution in [2.45, 2.75) is 25.0 Å². The third-order valence-corrected chi connectivity index (χ3v) is 5.56. The van der Waals surface area contributed by atoms with E-state index >= 15 is 0 Å². The van der Waals surface area contributed by atoms with Gasteiger partial charge in [-0.3, -0.25) is 4.79 Å². The van der Waals surface area contributed by atoms with Crippen LogP contribution in [0, 0.1) is 11.8 Å². The van der Waals surface area contributed by atoms with Gasteiger partial charge in [-0.25, -0.2) is 4.98 Å². The summed E-state index contributed by atoms with van der Waals surface area (Å²) in [4.78, 5) is 19.3. The lowest BCUT2D eigenvalue weighted by molar-refractivity contribution is 0.0782. The van der Waals surface area contributed by atoms with Crippen molar-refractivity contribution in [1.29, 1.82) is 0 Å². The largest absolute Gasteiger partial charge is 0.476 e. The molecule has 1 aliphatic carbocycles. The zero-order valence-electron chi connectivity index (χ0n) is 16.6. The van der Waals surface area contributed by atoms with Crippen molar-refractivity contribution in [1.82, 2.24) is 10.3 Å². The molecule has 1 unspecified atom stereocenters. The molecule has 1 saturated heterocycles. The van der Waals surface area contributed by atoms with Crippen molar-refractivity contribution in [2.75, 3.05) is 38.3 Å². The Bertz CT molecular complexity index is 737. The van der Waals surface area contributed by atoms with Gasteiger partial charge in [-0.2, -0.15) is 0 Å². The third-order valence-electron chi connectivity index (χ3n) is 5.56. The first-order valence-corrected chi connectivity index (χ1v) is 9.55. The number of methoxy groups -OCH3 is 1. The molecule has 1 aromatic heterocycles. The van der Waals surface area contributed by atoms with Gasteiger partial charge in [0.1, 0.15) is 11.4 Å². The van der Waals surface area contributed by atoms with Crippen LogP contribution in [0.5, 0.6) is 5.88 Å². The molecule has 1 amide bonds. The summed E-state index contributed by atoms with van der Waals surface area (Å²) in [5.74, 6) is 0.754. The number of hydrogen-bond acceptors (Lipinski definition) is 6. The van der Waals surface area contributed by atoms with Gasteiger partial charge in [0.05, 0.1) is 18.2 Å². The Kier molecular flexibility index (Phi) is 6.05. The number of anilines is 1. The van der Waals surface area contributed by atoms with Crippen LogP contribution in [0.3, 0.4) is 0 Å². The number of amides is 1. The lowest BCUT2D eigenvalue weighted by Gasteiger charge is -2.40. The molecule has 2 fully saturated rings. The molecule has 7 heteroatoms. The number of ether oxygens (including phenoxy) is 2. The van der Waals surface area contributed by atoms with Gasteiger partial charge >= 0.3 is 0 Å². The molecule has 3 rings (SSSR count). The average Bonchev–Trinajstić information content (AvgIpc) is 3.44. The van der Waals surface area contributed by atoms with Crippen molar-refractivity contribution in [3.05, 3.63) is 43.1 Å². The third kappa shape index (κ3) is 4.36. The number of hydrogen-bond donors (Lipinski definition) is 2. The molecule has 2 N–H and O–H groups in total. The van der Waals surface area contributed by atoms with Crippen molar-refractivity contribution in [2.24, 2.45) is 11.8 Å². The highest BCUT2D eigenvalue weighted by atomic mass is 16.5. The zero-order valence-corrected chi connectivity index (χ0v) is 16.6. The van der Waals surface area contributed by atoms with Gasteiger partial charge in [0, 0.05) is 26.8 Å². The van der Waals surface area contributed by atoms with Crippen LogP contribution in [0.15, 0.2) is 37.4 Å². The Balaban J connectivity index is 1.76. The Labute approximate surface area is 166 Å². The average molecular weight is 387 g/mol. The molecule has 2 aliphatic rings. The van der Waals surface area contributed by atoms with Crippen LogP contribution in [-0.2, 0) is 4.74 Å². The fourth-order valence-corrected chi connectivity index (χ4v) is 3.11. The summed E-state index contributed by atoms with van der Waals surface area (Å²) in [7, 11) is 1.70. The predicted octanol–water partition coefficient (Wildman–Crippen LogP) is 1.78. The van der Waals surface area contributed by atoms with Crippen LogP contribution in [0.25, 0.3) is 0 Å². The topological polar surface area (TPSA) is 83.9 Å². The van der Waals surface area contributed by atoms with E-state index in [2.05, 4.69) is 28.4 Å². The summed E-state index contributed by atoms with van der Waals surface area (Å²) in [5, 5.41) is 12.1. The summed E-state index contributed by atoms with van der Waals surface area (Å²) in [6.07, 6.45) is 4.39. The quantitative estimate of drug-likeness (QED) is 0.596. The Hall–Kier alpha value is -2.38. The van der Waals surface area contributed by atoms with Gasteiger partial charge in [-0.05, 0) is 37.3 Å². The van der Waals surface area contributed by atoms with Crippen LogP contribution in [0.1, 0.15) is 23.8 Å². The maximum Gasteiger partial charge on any atom is 0.270 e. The fourth-order valence-electron chi connectivity index (χ4n) is 3.11. The molecule has 1 aliphatic heterocycles. The molecule has 7 nitrogen and oxygen atoms in total. The maximum absolute atomic E-state index is 12.7. The lowest BCUT2D eigenvalue weighted by Crippen LogP contribution is -2.52. The number of aliphatic hydroxyl groups excluding tert-OH is 1. The van der Waals surface area contributed by atoms with Gasteiger partial charge in [0.2, 0.25) is 5.88 Å². The minimum Gasteiger partial charge on any atom is -0.476 e. The summed E-state index contributed by atoms with van der Waals surface area (Å²) >= 11 is 0. The lowest BCUT2D eigenvalue weighted by atomic mass is 10.0. The van der Waals surface area contributed by atoms with E-state index in [-0.39, 0.29) is 24.3 Å². The highest BCUT2D eigenvalue weighted by molar-refractivity contribution is 5.93. The number of rotatable bonds is 10. The molecular weight excluding hydrogens is 358 g/mol. The summed E-state index contributed by atoms with van der Waals surface area (Å²) < 4.78 is 11.3. The molecule has 2 atom stereocenters. The van der Waals surface area contributed by atoms with E-state index in [0.717, 1.165) is 25.2 Å². The first kappa shape index (κ1) is 20.4. The molecule has 0 aromatic carbocycles. The van der Waals surface area contributed by atoms with Gasteiger partial charge in [0.15, 0.2) is 0 Å². The standard InChI is InChI=1S/C21H29N3O4/c1-5-21(3,6-2)23-19(26)17-7-8-18(24-10-16(11-24)27-4)20(22-17)28-13-15-9-14(15)12-25/h5-8,14-16,25H,1-2,9-13H2,3-4H3,(H,23,26)/t14-,15?/m1/s1. The molecule has 1 saturated carbocycles. The van der Waals surface area contributed by atoms with E-state index in [9.17, 15) is 9.90 Å². The van der Waals surface area contributed by atoms with Crippen LogP contribution >= 0.6 is 0 Å². The van der Waals surface area contributed by atoms with Gasteiger partial charge in [0.25, 0.3) is 5.91 Å². The number of carbonyl (C=O) groups is 1. The predicted molar refractivity (Wildman–Crippen MR) is 108 cm³/mol. The minimum atomic E-state index is -0.718. The van der Waals surface area contributed by atoms with Crippen molar-refractivity contribution in [3.63, 3.8) is 0 Å². The number of aliphatic hydroxyl groups is 1. The van der Waals surface area contributed by atoms with E-state index in [1.807, 2.05) is 13.0 Å². The Morgan fingerprint density at radius 1 is 1.39 bits per heavy atom. The van der Waals surface area contributed by atoms with Crippen molar-refractivity contribution in [3.8, 4) is 5.88 Å². The summed E-state index contributed by atoms with van der Waals surface area (Å²) in [6, 6.07) is 3.55. The molecule has 1 aromatic rings. The van der Waals surface area contributed by atoms with E-state index in [1.54, 1.807) is 25.3 Å². The minimum absolute atomic E-state index is 0.181. The summed E-state index contributed by atoms with van der Waals surface area (Å²) in [5.41, 5.74) is 0.400.